The van der Waals surface area contributed by atoms with Crippen LogP contribution in [0.3, 0.4) is 0 Å². The van der Waals surface area contributed by atoms with Crippen LogP contribution in [0.25, 0.3) is 0 Å². The first kappa shape index (κ1) is 12.4. The zero-order valence-corrected chi connectivity index (χ0v) is 11.2. The average Bonchev–Trinajstić information content (AvgIpc) is 2.96. The van der Waals surface area contributed by atoms with Crippen LogP contribution in [0.2, 0.25) is 0 Å². The maximum Gasteiger partial charge on any atom is 0.00683 e. The average molecular weight is 223 g/mol. The predicted molar refractivity (Wildman–Crippen MR) is 70.5 cm³/mol. The summed E-state index contributed by atoms with van der Waals surface area (Å²) in [5.41, 5.74) is 0. The molecular weight excluding hydrogens is 194 g/mol. The molecule has 0 amide bonds. The van der Waals surface area contributed by atoms with E-state index in [1.54, 1.807) is 0 Å². The van der Waals surface area contributed by atoms with Crippen molar-refractivity contribution in [3.8, 4) is 0 Å². The van der Waals surface area contributed by atoms with Crippen LogP contribution in [0.5, 0.6) is 0 Å². The summed E-state index contributed by atoms with van der Waals surface area (Å²) in [6, 6.07) is 0.890. The maximum atomic E-state index is 3.76. The topological polar surface area (TPSA) is 12.0 Å². The van der Waals surface area contributed by atoms with Crippen molar-refractivity contribution in [3.63, 3.8) is 0 Å². The highest BCUT2D eigenvalue weighted by molar-refractivity contribution is 4.84. The lowest BCUT2D eigenvalue weighted by Crippen LogP contribution is -2.30. The summed E-state index contributed by atoms with van der Waals surface area (Å²) in [6.07, 6.45) is 11.7. The van der Waals surface area contributed by atoms with Crippen molar-refractivity contribution in [1.29, 1.82) is 0 Å². The molecule has 0 bridgehead atoms. The van der Waals surface area contributed by atoms with Crippen molar-refractivity contribution >= 4 is 0 Å². The minimum atomic E-state index is 0.890. The monoisotopic (exact) mass is 223 g/mol. The molecule has 0 aromatic carbocycles. The van der Waals surface area contributed by atoms with Gasteiger partial charge in [-0.05, 0) is 43.6 Å². The Balaban J connectivity index is 1.77. The van der Waals surface area contributed by atoms with Crippen LogP contribution >= 0.6 is 0 Å². The Hall–Kier alpha value is -0.0400. The normalized spacial score (nSPS) is 25.9. The van der Waals surface area contributed by atoms with Crippen molar-refractivity contribution in [2.45, 2.75) is 71.3 Å². The van der Waals surface area contributed by atoms with Crippen molar-refractivity contribution < 1.29 is 0 Å². The number of rotatable bonds is 7. The Kier molecular flexibility index (Phi) is 4.69. The van der Waals surface area contributed by atoms with E-state index in [9.17, 15) is 0 Å². The smallest absolute Gasteiger partial charge is 0.00683 e. The van der Waals surface area contributed by atoms with E-state index in [0.29, 0.717) is 0 Å². The van der Waals surface area contributed by atoms with Crippen LogP contribution in [0, 0.1) is 17.8 Å². The summed E-state index contributed by atoms with van der Waals surface area (Å²) in [5.74, 6) is 2.94. The van der Waals surface area contributed by atoms with Gasteiger partial charge in [0, 0.05) is 6.04 Å². The minimum absolute atomic E-state index is 0.890. The third-order valence-corrected chi connectivity index (χ3v) is 4.71. The standard InChI is InChI=1S/C15H29N/c1-3-12(2)10-14(11-16-15-8-9-15)13-6-4-5-7-13/h12-16H,3-11H2,1-2H3. The van der Waals surface area contributed by atoms with Crippen LogP contribution in [-0.2, 0) is 0 Å². The van der Waals surface area contributed by atoms with E-state index in [0.717, 1.165) is 23.8 Å². The van der Waals surface area contributed by atoms with Gasteiger partial charge in [0.05, 0.1) is 0 Å². The van der Waals surface area contributed by atoms with Gasteiger partial charge in [0.25, 0.3) is 0 Å². The molecule has 2 aliphatic rings. The van der Waals surface area contributed by atoms with Crippen LogP contribution in [-0.4, -0.2) is 12.6 Å². The third kappa shape index (κ3) is 3.76. The fourth-order valence-electron chi connectivity index (χ4n) is 3.16. The second-order valence-corrected chi connectivity index (χ2v) is 6.24. The first-order valence-corrected chi connectivity index (χ1v) is 7.53. The number of hydrogen-bond donors (Lipinski definition) is 1. The molecule has 16 heavy (non-hydrogen) atoms. The second-order valence-electron chi connectivity index (χ2n) is 6.24. The van der Waals surface area contributed by atoms with Gasteiger partial charge in [-0.3, -0.25) is 0 Å². The first-order valence-electron chi connectivity index (χ1n) is 7.53. The van der Waals surface area contributed by atoms with Gasteiger partial charge in [0.1, 0.15) is 0 Å². The van der Waals surface area contributed by atoms with Gasteiger partial charge >= 0.3 is 0 Å². The van der Waals surface area contributed by atoms with Gasteiger partial charge in [-0.2, -0.15) is 0 Å². The Labute approximate surface area is 101 Å². The van der Waals surface area contributed by atoms with Crippen molar-refractivity contribution in [1.82, 2.24) is 5.32 Å². The third-order valence-electron chi connectivity index (χ3n) is 4.71. The van der Waals surface area contributed by atoms with E-state index in [1.807, 2.05) is 0 Å². The Morgan fingerprint density at radius 2 is 1.81 bits per heavy atom. The Morgan fingerprint density at radius 3 is 2.38 bits per heavy atom. The molecule has 0 radical (unpaired) electrons. The second kappa shape index (κ2) is 6.05. The minimum Gasteiger partial charge on any atom is -0.314 e. The van der Waals surface area contributed by atoms with Crippen molar-refractivity contribution in [2.24, 2.45) is 17.8 Å². The summed E-state index contributed by atoms with van der Waals surface area (Å²) in [7, 11) is 0. The molecule has 2 atom stereocenters. The number of hydrogen-bond acceptors (Lipinski definition) is 1. The Morgan fingerprint density at radius 1 is 1.12 bits per heavy atom. The van der Waals surface area contributed by atoms with Crippen molar-refractivity contribution in [3.05, 3.63) is 0 Å². The highest BCUT2D eigenvalue weighted by Crippen LogP contribution is 2.35. The lowest BCUT2D eigenvalue weighted by Gasteiger charge is -2.26. The molecule has 0 aromatic rings. The van der Waals surface area contributed by atoms with Gasteiger partial charge in [-0.15, -0.1) is 0 Å². The fourth-order valence-corrected chi connectivity index (χ4v) is 3.16. The molecule has 2 rings (SSSR count). The largest absolute Gasteiger partial charge is 0.314 e. The number of nitrogens with one attached hydrogen (secondary N) is 1. The molecule has 2 fully saturated rings. The molecule has 2 aliphatic carbocycles. The van der Waals surface area contributed by atoms with Crippen molar-refractivity contribution in [2.75, 3.05) is 6.54 Å². The molecule has 2 unspecified atom stereocenters. The molecule has 1 nitrogen and oxygen atoms in total. The summed E-state index contributed by atoms with van der Waals surface area (Å²) >= 11 is 0. The van der Waals surface area contributed by atoms with E-state index < -0.39 is 0 Å². The van der Waals surface area contributed by atoms with Crippen LogP contribution in [0.15, 0.2) is 0 Å². The maximum absolute atomic E-state index is 3.76. The molecule has 0 aromatic heterocycles. The summed E-state index contributed by atoms with van der Waals surface area (Å²) < 4.78 is 0. The van der Waals surface area contributed by atoms with Crippen LogP contribution < -0.4 is 5.32 Å². The fraction of sp³-hybridized carbons (Fsp3) is 1.00. The van der Waals surface area contributed by atoms with Gasteiger partial charge in [-0.1, -0.05) is 46.0 Å². The molecular formula is C15H29N. The SMILES string of the molecule is CCC(C)CC(CNC1CC1)C1CCCC1. The summed E-state index contributed by atoms with van der Waals surface area (Å²) in [5, 5.41) is 3.76. The van der Waals surface area contributed by atoms with Gasteiger partial charge in [0.15, 0.2) is 0 Å². The molecule has 0 spiro atoms. The highest BCUT2D eigenvalue weighted by atomic mass is 14.9. The summed E-state index contributed by atoms with van der Waals surface area (Å²) in [4.78, 5) is 0. The highest BCUT2D eigenvalue weighted by Gasteiger charge is 2.28. The lowest BCUT2D eigenvalue weighted by atomic mass is 9.83. The molecule has 0 saturated heterocycles. The predicted octanol–water partition coefficient (Wildman–Crippen LogP) is 3.98. The van der Waals surface area contributed by atoms with Gasteiger partial charge < -0.3 is 5.32 Å². The quantitative estimate of drug-likeness (QED) is 0.688. The zero-order valence-electron chi connectivity index (χ0n) is 11.2. The van der Waals surface area contributed by atoms with E-state index >= 15 is 0 Å². The van der Waals surface area contributed by atoms with Crippen LogP contribution in [0.1, 0.15) is 65.2 Å². The molecule has 0 aliphatic heterocycles. The van der Waals surface area contributed by atoms with Gasteiger partial charge in [-0.25, -0.2) is 0 Å². The Bertz CT molecular complexity index is 192. The lowest BCUT2D eigenvalue weighted by molar-refractivity contribution is 0.263. The van der Waals surface area contributed by atoms with E-state index in [2.05, 4.69) is 19.2 Å². The first-order chi connectivity index (χ1) is 7.79. The van der Waals surface area contributed by atoms with E-state index in [1.165, 1.54) is 57.9 Å². The van der Waals surface area contributed by atoms with E-state index in [-0.39, 0.29) is 0 Å². The molecule has 1 N–H and O–H groups in total. The molecule has 94 valence electrons. The molecule has 2 saturated carbocycles. The summed E-state index contributed by atoms with van der Waals surface area (Å²) in [6.45, 7) is 6.07. The van der Waals surface area contributed by atoms with E-state index in [4.69, 9.17) is 0 Å². The molecule has 0 heterocycles. The van der Waals surface area contributed by atoms with Gasteiger partial charge in [0.2, 0.25) is 0 Å². The van der Waals surface area contributed by atoms with Crippen LogP contribution in [0.4, 0.5) is 0 Å². The molecule has 1 heteroatoms. The zero-order chi connectivity index (χ0) is 11.4.